The van der Waals surface area contributed by atoms with Gasteiger partial charge in [-0.05, 0) is 18.5 Å². The molecule has 1 heterocycles. The Balaban J connectivity index is 2.03. The van der Waals surface area contributed by atoms with Crippen LogP contribution in [-0.2, 0) is 9.59 Å². The SMILES string of the molecule is CC(=O)NC(CC(=O)N1CCCNCC1)c1ccccc1. The minimum absolute atomic E-state index is 0.0984. The van der Waals surface area contributed by atoms with Crippen molar-refractivity contribution in [3.63, 3.8) is 0 Å². The average Bonchev–Trinajstić information content (AvgIpc) is 2.76. The molecule has 1 aliphatic heterocycles. The van der Waals surface area contributed by atoms with Crippen molar-refractivity contribution in [3.05, 3.63) is 35.9 Å². The van der Waals surface area contributed by atoms with Crippen LogP contribution in [0.3, 0.4) is 0 Å². The zero-order valence-corrected chi connectivity index (χ0v) is 12.5. The number of carbonyl (C=O) groups is 2. The molecule has 0 spiro atoms. The van der Waals surface area contributed by atoms with E-state index in [4.69, 9.17) is 0 Å². The van der Waals surface area contributed by atoms with Crippen LogP contribution >= 0.6 is 0 Å². The highest BCUT2D eigenvalue weighted by atomic mass is 16.2. The van der Waals surface area contributed by atoms with Gasteiger partial charge in [-0.25, -0.2) is 0 Å². The van der Waals surface area contributed by atoms with Gasteiger partial charge in [-0.15, -0.1) is 0 Å². The van der Waals surface area contributed by atoms with Crippen molar-refractivity contribution >= 4 is 11.8 Å². The number of nitrogens with zero attached hydrogens (tertiary/aromatic N) is 1. The lowest BCUT2D eigenvalue weighted by Gasteiger charge is -2.24. The number of hydrogen-bond acceptors (Lipinski definition) is 3. The summed E-state index contributed by atoms with van der Waals surface area (Å²) in [5, 5.41) is 6.17. The molecule has 1 aliphatic rings. The number of carbonyl (C=O) groups excluding carboxylic acids is 2. The molecule has 2 rings (SSSR count). The summed E-state index contributed by atoms with van der Waals surface area (Å²) >= 11 is 0. The fraction of sp³-hybridized carbons (Fsp3) is 0.500. The Morgan fingerprint density at radius 3 is 2.71 bits per heavy atom. The first kappa shape index (κ1) is 15.5. The zero-order chi connectivity index (χ0) is 15.1. The predicted octanol–water partition coefficient (Wildman–Crippen LogP) is 1.08. The van der Waals surface area contributed by atoms with Crippen LogP contribution in [0.15, 0.2) is 30.3 Å². The molecule has 1 aromatic rings. The van der Waals surface area contributed by atoms with E-state index in [9.17, 15) is 9.59 Å². The summed E-state index contributed by atoms with van der Waals surface area (Å²) in [6.45, 7) is 4.80. The molecular formula is C16H23N3O2. The van der Waals surface area contributed by atoms with Crippen LogP contribution in [0.4, 0.5) is 0 Å². The van der Waals surface area contributed by atoms with Crippen molar-refractivity contribution in [3.8, 4) is 0 Å². The molecule has 1 unspecified atom stereocenters. The van der Waals surface area contributed by atoms with Gasteiger partial charge in [-0.2, -0.15) is 0 Å². The van der Waals surface area contributed by atoms with Crippen molar-refractivity contribution in [2.75, 3.05) is 26.2 Å². The Morgan fingerprint density at radius 1 is 1.24 bits per heavy atom. The highest BCUT2D eigenvalue weighted by molar-refractivity contribution is 5.79. The zero-order valence-electron chi connectivity index (χ0n) is 12.5. The van der Waals surface area contributed by atoms with Crippen LogP contribution in [0.25, 0.3) is 0 Å². The standard InChI is InChI=1S/C16H23N3O2/c1-13(20)18-15(14-6-3-2-4-7-14)12-16(21)19-10-5-8-17-9-11-19/h2-4,6-7,15,17H,5,8-12H2,1H3,(H,18,20). The Hall–Kier alpha value is -1.88. The van der Waals surface area contributed by atoms with E-state index < -0.39 is 0 Å². The van der Waals surface area contributed by atoms with Crippen LogP contribution in [0.5, 0.6) is 0 Å². The van der Waals surface area contributed by atoms with Gasteiger partial charge in [0, 0.05) is 26.6 Å². The van der Waals surface area contributed by atoms with E-state index in [1.54, 1.807) is 0 Å². The molecular weight excluding hydrogens is 266 g/mol. The van der Waals surface area contributed by atoms with Gasteiger partial charge in [0.15, 0.2) is 0 Å². The van der Waals surface area contributed by atoms with Crippen molar-refractivity contribution in [2.24, 2.45) is 0 Å². The molecule has 1 saturated heterocycles. The molecule has 0 bridgehead atoms. The summed E-state index contributed by atoms with van der Waals surface area (Å²) in [5.74, 6) is -0.0181. The first-order chi connectivity index (χ1) is 10.2. The third-order valence-corrected chi connectivity index (χ3v) is 3.65. The van der Waals surface area contributed by atoms with Crippen molar-refractivity contribution in [2.45, 2.75) is 25.8 Å². The summed E-state index contributed by atoms with van der Waals surface area (Å²) < 4.78 is 0. The van der Waals surface area contributed by atoms with Crippen LogP contribution in [0.1, 0.15) is 31.4 Å². The van der Waals surface area contributed by atoms with Gasteiger partial charge in [0.25, 0.3) is 0 Å². The maximum atomic E-state index is 12.5. The molecule has 0 aliphatic carbocycles. The first-order valence-corrected chi connectivity index (χ1v) is 7.47. The summed E-state index contributed by atoms with van der Waals surface area (Å²) in [5.41, 5.74) is 0.967. The Labute approximate surface area is 125 Å². The van der Waals surface area contributed by atoms with Gasteiger partial charge in [0.1, 0.15) is 0 Å². The van der Waals surface area contributed by atoms with Crippen LogP contribution in [0, 0.1) is 0 Å². The third kappa shape index (κ3) is 4.86. The normalized spacial score (nSPS) is 16.9. The van der Waals surface area contributed by atoms with E-state index in [-0.39, 0.29) is 17.9 Å². The molecule has 0 radical (unpaired) electrons. The molecule has 1 atom stereocenters. The molecule has 114 valence electrons. The third-order valence-electron chi connectivity index (χ3n) is 3.65. The average molecular weight is 289 g/mol. The second-order valence-corrected chi connectivity index (χ2v) is 5.35. The molecule has 2 amide bonds. The Morgan fingerprint density at radius 2 is 2.00 bits per heavy atom. The summed E-state index contributed by atoms with van der Waals surface area (Å²) in [4.78, 5) is 25.7. The van der Waals surface area contributed by atoms with Gasteiger partial charge in [-0.1, -0.05) is 30.3 Å². The fourth-order valence-corrected chi connectivity index (χ4v) is 2.58. The van der Waals surface area contributed by atoms with E-state index in [1.807, 2.05) is 35.2 Å². The lowest BCUT2D eigenvalue weighted by Crippen LogP contribution is -2.37. The van der Waals surface area contributed by atoms with Crippen molar-refractivity contribution in [1.82, 2.24) is 15.5 Å². The molecule has 1 aromatic carbocycles. The predicted molar refractivity (Wildman–Crippen MR) is 81.7 cm³/mol. The van der Waals surface area contributed by atoms with E-state index in [1.165, 1.54) is 6.92 Å². The van der Waals surface area contributed by atoms with Crippen LogP contribution in [-0.4, -0.2) is 42.9 Å². The summed E-state index contributed by atoms with van der Waals surface area (Å²) in [6, 6.07) is 9.40. The van der Waals surface area contributed by atoms with E-state index >= 15 is 0 Å². The van der Waals surface area contributed by atoms with E-state index in [2.05, 4.69) is 10.6 Å². The van der Waals surface area contributed by atoms with Crippen LogP contribution in [0.2, 0.25) is 0 Å². The molecule has 0 aromatic heterocycles. The minimum Gasteiger partial charge on any atom is -0.349 e. The molecule has 5 nitrogen and oxygen atoms in total. The maximum Gasteiger partial charge on any atom is 0.225 e. The van der Waals surface area contributed by atoms with Gasteiger partial charge in [0.2, 0.25) is 11.8 Å². The molecule has 21 heavy (non-hydrogen) atoms. The smallest absolute Gasteiger partial charge is 0.225 e. The van der Waals surface area contributed by atoms with Crippen LogP contribution < -0.4 is 10.6 Å². The maximum absolute atomic E-state index is 12.5. The molecule has 0 saturated carbocycles. The monoisotopic (exact) mass is 289 g/mol. The highest BCUT2D eigenvalue weighted by Crippen LogP contribution is 2.18. The Kier molecular flexibility index (Phi) is 5.75. The highest BCUT2D eigenvalue weighted by Gasteiger charge is 2.21. The number of benzene rings is 1. The number of rotatable bonds is 4. The molecule has 2 N–H and O–H groups in total. The topological polar surface area (TPSA) is 61.4 Å². The quantitative estimate of drug-likeness (QED) is 0.872. The fourth-order valence-electron chi connectivity index (χ4n) is 2.58. The van der Waals surface area contributed by atoms with Gasteiger partial charge in [-0.3, -0.25) is 9.59 Å². The van der Waals surface area contributed by atoms with Gasteiger partial charge in [0.05, 0.1) is 12.5 Å². The lowest BCUT2D eigenvalue weighted by atomic mass is 10.0. The van der Waals surface area contributed by atoms with E-state index in [0.717, 1.165) is 38.2 Å². The number of hydrogen-bond donors (Lipinski definition) is 2. The van der Waals surface area contributed by atoms with Crippen molar-refractivity contribution < 1.29 is 9.59 Å². The lowest BCUT2D eigenvalue weighted by molar-refractivity contribution is -0.131. The molecule has 1 fully saturated rings. The molecule has 5 heteroatoms. The van der Waals surface area contributed by atoms with Crippen molar-refractivity contribution in [1.29, 1.82) is 0 Å². The van der Waals surface area contributed by atoms with E-state index in [0.29, 0.717) is 6.42 Å². The summed E-state index contributed by atoms with van der Waals surface area (Å²) in [7, 11) is 0. The Bertz CT molecular complexity index is 468. The first-order valence-electron chi connectivity index (χ1n) is 7.47. The van der Waals surface area contributed by atoms with Gasteiger partial charge >= 0.3 is 0 Å². The second kappa shape index (κ2) is 7.78. The largest absolute Gasteiger partial charge is 0.349 e. The number of nitrogens with one attached hydrogen (secondary N) is 2. The number of amides is 2. The minimum atomic E-state index is -0.257. The second-order valence-electron chi connectivity index (χ2n) is 5.35. The van der Waals surface area contributed by atoms with Gasteiger partial charge < -0.3 is 15.5 Å². The summed E-state index contributed by atoms with van der Waals surface area (Å²) in [6.07, 6.45) is 1.28.